The molecule has 35 heavy (non-hydrogen) atoms. The lowest BCUT2D eigenvalue weighted by Crippen LogP contribution is -2.46. The van der Waals surface area contributed by atoms with E-state index in [1.807, 2.05) is 0 Å². The normalized spacial score (nSPS) is 24.5. The van der Waals surface area contributed by atoms with E-state index in [1.165, 1.54) is 47.6 Å². The van der Waals surface area contributed by atoms with Crippen molar-refractivity contribution in [3.63, 3.8) is 0 Å². The maximum absolute atomic E-state index is 13.6. The fourth-order valence-corrected chi connectivity index (χ4v) is 5.02. The quantitative estimate of drug-likeness (QED) is 0.276. The summed E-state index contributed by atoms with van der Waals surface area (Å²) < 4.78 is 0. The number of hydrazone groups is 1. The first kappa shape index (κ1) is 22.1. The summed E-state index contributed by atoms with van der Waals surface area (Å²) in [6, 6.07) is 7.17. The lowest BCUT2D eigenvalue weighted by atomic mass is 9.86. The van der Waals surface area contributed by atoms with Crippen LogP contribution < -0.4 is 4.90 Å². The molecule has 176 valence electrons. The van der Waals surface area contributed by atoms with Crippen molar-refractivity contribution in [1.29, 1.82) is 0 Å². The van der Waals surface area contributed by atoms with Gasteiger partial charge in [0.1, 0.15) is 6.04 Å². The van der Waals surface area contributed by atoms with Crippen LogP contribution in [0.3, 0.4) is 0 Å². The van der Waals surface area contributed by atoms with Crippen LogP contribution in [-0.2, 0) is 9.59 Å². The highest BCUT2D eigenvalue weighted by molar-refractivity contribution is 6.25. The second kappa shape index (κ2) is 7.94. The smallest absolute Gasteiger partial charge is 0.270 e. The van der Waals surface area contributed by atoms with E-state index in [2.05, 4.69) is 5.10 Å². The van der Waals surface area contributed by atoms with Gasteiger partial charge in [0.25, 0.3) is 11.4 Å². The van der Waals surface area contributed by atoms with Crippen molar-refractivity contribution >= 4 is 40.9 Å². The number of nitrogens with zero attached hydrogens (tertiary/aromatic N) is 5. The van der Waals surface area contributed by atoms with Gasteiger partial charge in [-0.25, -0.2) is 4.90 Å². The van der Waals surface area contributed by atoms with Crippen molar-refractivity contribution in [3.8, 4) is 0 Å². The Hall–Kier alpha value is -4.74. The topological polar surface area (TPSA) is 156 Å². The highest BCUT2D eigenvalue weighted by atomic mass is 16.6. The lowest BCUT2D eigenvalue weighted by molar-refractivity contribution is -0.385. The van der Waals surface area contributed by atoms with Crippen molar-refractivity contribution in [1.82, 2.24) is 5.01 Å². The van der Waals surface area contributed by atoms with E-state index in [0.717, 1.165) is 11.0 Å². The minimum Gasteiger partial charge on any atom is -0.292 e. The zero-order chi connectivity index (χ0) is 25.0. The second-order valence-electron chi connectivity index (χ2n) is 8.43. The summed E-state index contributed by atoms with van der Waals surface area (Å²) in [4.78, 5) is 62.8. The Labute approximate surface area is 197 Å². The average Bonchev–Trinajstić information content (AvgIpc) is 3.31. The molecule has 2 fully saturated rings. The van der Waals surface area contributed by atoms with Crippen LogP contribution in [0.4, 0.5) is 17.1 Å². The van der Waals surface area contributed by atoms with Crippen LogP contribution in [-0.4, -0.2) is 50.8 Å². The van der Waals surface area contributed by atoms with Crippen LogP contribution in [0.5, 0.6) is 0 Å². The summed E-state index contributed by atoms with van der Waals surface area (Å²) in [5, 5.41) is 28.0. The predicted octanol–water partition coefficient (Wildman–Crippen LogP) is 2.41. The van der Waals surface area contributed by atoms with E-state index >= 15 is 0 Å². The van der Waals surface area contributed by atoms with Gasteiger partial charge in [-0.15, -0.1) is 0 Å². The highest BCUT2D eigenvalue weighted by Crippen LogP contribution is 2.47. The Morgan fingerprint density at radius 1 is 0.971 bits per heavy atom. The van der Waals surface area contributed by atoms with Crippen LogP contribution in [0.15, 0.2) is 59.7 Å². The van der Waals surface area contributed by atoms with E-state index in [4.69, 9.17) is 0 Å². The van der Waals surface area contributed by atoms with Gasteiger partial charge in [-0.1, -0.05) is 18.2 Å². The predicted molar refractivity (Wildman–Crippen MR) is 122 cm³/mol. The number of non-ortho nitro benzene ring substituents is 2. The number of hydrogen-bond donors (Lipinski definition) is 0. The summed E-state index contributed by atoms with van der Waals surface area (Å²) in [6.07, 6.45) is 4.75. The van der Waals surface area contributed by atoms with Crippen LogP contribution in [0.1, 0.15) is 15.9 Å². The monoisotopic (exact) mass is 475 g/mol. The Bertz CT molecular complexity index is 1380. The standard InChI is InChI=1S/C23H17N5O7/c1-12-10-15(28(34)35)7-8-16(12)25-22(30)18-17-6-3-9-24-26(17)20(19(18)23(25)31)21(29)13-4-2-5-14(11-13)27(32)33/h2-11,17-20H,1H3/t17-,18+,19+,20-/m1/s1. The van der Waals surface area contributed by atoms with Gasteiger partial charge in [-0.2, -0.15) is 5.10 Å². The van der Waals surface area contributed by atoms with Crippen molar-refractivity contribution in [2.24, 2.45) is 16.9 Å². The molecule has 3 aliphatic rings. The number of amides is 2. The van der Waals surface area contributed by atoms with Gasteiger partial charge in [0.05, 0.1) is 33.4 Å². The average molecular weight is 475 g/mol. The number of carbonyl (C=O) groups excluding carboxylic acids is 3. The Kier molecular flexibility index (Phi) is 5.01. The molecule has 3 aliphatic heterocycles. The van der Waals surface area contributed by atoms with Gasteiger partial charge < -0.3 is 0 Å². The molecule has 0 aromatic heterocycles. The van der Waals surface area contributed by atoms with Crippen molar-refractivity contribution in [3.05, 3.63) is 86.0 Å². The Morgan fingerprint density at radius 3 is 2.34 bits per heavy atom. The van der Waals surface area contributed by atoms with E-state index in [1.54, 1.807) is 19.1 Å². The first-order valence-electron chi connectivity index (χ1n) is 10.6. The molecule has 12 nitrogen and oxygen atoms in total. The molecule has 0 bridgehead atoms. The molecule has 2 saturated heterocycles. The Morgan fingerprint density at radius 2 is 1.66 bits per heavy atom. The van der Waals surface area contributed by atoms with Gasteiger partial charge in [0.2, 0.25) is 11.8 Å². The number of carbonyl (C=O) groups is 3. The molecule has 0 unspecified atom stereocenters. The van der Waals surface area contributed by atoms with Gasteiger partial charge in [-0.05, 0) is 24.6 Å². The number of rotatable bonds is 5. The summed E-state index contributed by atoms with van der Waals surface area (Å²) in [5.41, 5.74) is 0.132. The second-order valence-corrected chi connectivity index (χ2v) is 8.43. The van der Waals surface area contributed by atoms with Gasteiger partial charge in [0, 0.05) is 36.0 Å². The van der Waals surface area contributed by atoms with Gasteiger partial charge >= 0.3 is 0 Å². The number of nitro groups is 2. The van der Waals surface area contributed by atoms with Crippen molar-refractivity contribution < 1.29 is 24.2 Å². The number of Topliss-reactive ketones (excluding diaryl/α,β-unsaturated/α-hetero) is 1. The van der Waals surface area contributed by atoms with E-state index in [-0.39, 0.29) is 22.6 Å². The third-order valence-corrected chi connectivity index (χ3v) is 6.53. The zero-order valence-electron chi connectivity index (χ0n) is 18.2. The number of nitro benzene ring substituents is 2. The molecular weight excluding hydrogens is 458 g/mol. The number of ketones is 1. The SMILES string of the molecule is Cc1cc([N+](=O)[O-])ccc1N1C(=O)[C@@H]2[C@H](C1=O)[C@H](C(=O)c1cccc([N+](=O)[O-])c1)N1N=CC=C[C@H]21. The molecule has 2 aromatic carbocycles. The van der Waals surface area contributed by atoms with E-state index in [0.29, 0.717) is 5.56 Å². The first-order valence-corrected chi connectivity index (χ1v) is 10.6. The summed E-state index contributed by atoms with van der Waals surface area (Å²) in [5.74, 6) is -3.74. The third-order valence-electron chi connectivity index (χ3n) is 6.53. The molecule has 0 saturated carbocycles. The first-order chi connectivity index (χ1) is 16.7. The van der Waals surface area contributed by atoms with Gasteiger partial charge in [-0.3, -0.25) is 39.6 Å². The lowest BCUT2D eigenvalue weighted by Gasteiger charge is -2.30. The number of anilines is 1. The molecule has 12 heteroatoms. The van der Waals surface area contributed by atoms with Crippen molar-refractivity contribution in [2.75, 3.05) is 4.90 Å². The minimum atomic E-state index is -1.16. The molecule has 2 aromatic rings. The van der Waals surface area contributed by atoms with Crippen LogP contribution in [0.2, 0.25) is 0 Å². The number of hydrogen-bond acceptors (Lipinski definition) is 9. The van der Waals surface area contributed by atoms with Gasteiger partial charge in [0.15, 0.2) is 5.78 Å². The molecule has 2 amide bonds. The fraction of sp³-hybridized carbons (Fsp3) is 0.217. The number of benzene rings is 2. The van der Waals surface area contributed by atoms with E-state index < -0.39 is 51.4 Å². The fourth-order valence-electron chi connectivity index (χ4n) is 5.02. The van der Waals surface area contributed by atoms with Crippen LogP contribution >= 0.6 is 0 Å². The van der Waals surface area contributed by atoms with Crippen LogP contribution in [0.25, 0.3) is 0 Å². The molecule has 0 spiro atoms. The molecule has 5 rings (SSSR count). The summed E-state index contributed by atoms with van der Waals surface area (Å²) in [6.45, 7) is 1.56. The summed E-state index contributed by atoms with van der Waals surface area (Å²) >= 11 is 0. The number of fused-ring (bicyclic) bond motifs is 3. The maximum Gasteiger partial charge on any atom is 0.270 e. The molecule has 0 N–H and O–H groups in total. The number of imide groups is 1. The van der Waals surface area contributed by atoms with Crippen LogP contribution in [0, 0.1) is 39.0 Å². The third kappa shape index (κ3) is 3.29. The number of aryl methyl sites for hydroxylation is 1. The minimum absolute atomic E-state index is 0.0265. The summed E-state index contributed by atoms with van der Waals surface area (Å²) in [7, 11) is 0. The largest absolute Gasteiger partial charge is 0.292 e. The maximum atomic E-state index is 13.6. The Balaban J connectivity index is 1.57. The number of allylic oxidation sites excluding steroid dienone is 1. The molecule has 3 heterocycles. The molecule has 4 atom stereocenters. The van der Waals surface area contributed by atoms with Crippen molar-refractivity contribution in [2.45, 2.75) is 19.0 Å². The van der Waals surface area contributed by atoms with E-state index in [9.17, 15) is 34.6 Å². The molecule has 0 radical (unpaired) electrons. The zero-order valence-corrected chi connectivity index (χ0v) is 18.2. The molecule has 0 aliphatic carbocycles. The molecular formula is C23H17N5O7. The highest BCUT2D eigenvalue weighted by Gasteiger charge is 2.64.